The fourth-order valence-corrected chi connectivity index (χ4v) is 2.14. The molecule has 1 aromatic carbocycles. The van der Waals surface area contributed by atoms with Crippen molar-refractivity contribution in [2.24, 2.45) is 0 Å². The van der Waals surface area contributed by atoms with Gasteiger partial charge in [-0.2, -0.15) is 0 Å². The number of carbonyl (C=O) groups is 1. The molecule has 0 saturated carbocycles. The molecule has 0 fully saturated rings. The highest BCUT2D eigenvalue weighted by atomic mass is 16.1. The average molecular weight is 272 g/mol. The molecule has 20 heavy (non-hydrogen) atoms. The molecule has 5 nitrogen and oxygen atoms in total. The summed E-state index contributed by atoms with van der Waals surface area (Å²) in [4.78, 5) is 16.1. The minimum Gasteiger partial charge on any atom is -0.397 e. The number of anilines is 1. The summed E-state index contributed by atoms with van der Waals surface area (Å²) in [6.45, 7) is 4.60. The van der Waals surface area contributed by atoms with E-state index in [-0.39, 0.29) is 5.91 Å². The molecule has 2 aromatic rings. The zero-order valence-corrected chi connectivity index (χ0v) is 11.9. The number of nitrogen functional groups attached to an aromatic ring is 1. The average Bonchev–Trinajstić information content (AvgIpc) is 2.87. The Balaban J connectivity index is 2.34. The van der Waals surface area contributed by atoms with Gasteiger partial charge in [-0.1, -0.05) is 6.92 Å². The first-order chi connectivity index (χ1) is 9.67. The van der Waals surface area contributed by atoms with Crippen molar-refractivity contribution in [3.05, 3.63) is 42.0 Å². The van der Waals surface area contributed by atoms with E-state index < -0.39 is 0 Å². The number of hydrogen-bond donors (Lipinski definition) is 2. The highest BCUT2D eigenvalue weighted by molar-refractivity contribution is 5.95. The van der Waals surface area contributed by atoms with Crippen LogP contribution in [0.25, 0.3) is 5.69 Å². The van der Waals surface area contributed by atoms with Crippen LogP contribution in [-0.4, -0.2) is 22.0 Å². The normalized spacial score (nSPS) is 10.5. The van der Waals surface area contributed by atoms with Gasteiger partial charge in [-0.25, -0.2) is 4.98 Å². The highest BCUT2D eigenvalue weighted by Gasteiger charge is 2.10. The lowest BCUT2D eigenvalue weighted by molar-refractivity contribution is 0.0956. The second kappa shape index (κ2) is 6.23. The summed E-state index contributed by atoms with van der Waals surface area (Å²) in [5.41, 5.74) is 8.09. The standard InChI is InChI=1S/C15H20N4O/c1-3-5-14-18-8-9-19(14)13-7-6-11(10-12(13)16)15(20)17-4-2/h6-10H,3-5,16H2,1-2H3,(H,17,20). The van der Waals surface area contributed by atoms with E-state index in [4.69, 9.17) is 5.73 Å². The number of carbonyl (C=O) groups excluding carboxylic acids is 1. The van der Waals surface area contributed by atoms with Crippen LogP contribution in [-0.2, 0) is 6.42 Å². The maximum absolute atomic E-state index is 11.8. The molecule has 0 unspecified atom stereocenters. The number of aryl methyl sites for hydroxylation is 1. The lowest BCUT2D eigenvalue weighted by Crippen LogP contribution is -2.22. The smallest absolute Gasteiger partial charge is 0.251 e. The number of rotatable bonds is 5. The van der Waals surface area contributed by atoms with Gasteiger partial charge < -0.3 is 15.6 Å². The van der Waals surface area contributed by atoms with Crippen molar-refractivity contribution in [2.45, 2.75) is 26.7 Å². The Morgan fingerprint density at radius 1 is 1.40 bits per heavy atom. The third kappa shape index (κ3) is 2.82. The second-order valence-electron chi connectivity index (χ2n) is 4.60. The lowest BCUT2D eigenvalue weighted by Gasteiger charge is -2.11. The van der Waals surface area contributed by atoms with Gasteiger partial charge in [0.15, 0.2) is 0 Å². The molecular formula is C15H20N4O. The van der Waals surface area contributed by atoms with E-state index >= 15 is 0 Å². The SMILES string of the molecule is CCCc1nccn1-c1ccc(C(=O)NCC)cc1N. The Hall–Kier alpha value is -2.30. The largest absolute Gasteiger partial charge is 0.397 e. The topological polar surface area (TPSA) is 72.9 Å². The molecule has 0 atom stereocenters. The van der Waals surface area contributed by atoms with E-state index in [2.05, 4.69) is 17.2 Å². The summed E-state index contributed by atoms with van der Waals surface area (Å²) in [5.74, 6) is 0.870. The van der Waals surface area contributed by atoms with Crippen LogP contribution >= 0.6 is 0 Å². The molecule has 0 bridgehead atoms. The predicted octanol–water partition coefficient (Wildman–Crippen LogP) is 2.16. The molecule has 1 aromatic heterocycles. The molecule has 3 N–H and O–H groups in total. The summed E-state index contributed by atoms with van der Waals surface area (Å²) in [6, 6.07) is 5.35. The maximum Gasteiger partial charge on any atom is 0.251 e. The van der Waals surface area contributed by atoms with Gasteiger partial charge in [0.25, 0.3) is 5.91 Å². The third-order valence-electron chi connectivity index (χ3n) is 3.08. The summed E-state index contributed by atoms with van der Waals surface area (Å²) in [6.07, 6.45) is 5.57. The number of aromatic nitrogens is 2. The predicted molar refractivity (Wildman–Crippen MR) is 80.0 cm³/mol. The fraction of sp³-hybridized carbons (Fsp3) is 0.333. The van der Waals surface area contributed by atoms with Crippen molar-refractivity contribution in [1.82, 2.24) is 14.9 Å². The van der Waals surface area contributed by atoms with Crippen LogP contribution < -0.4 is 11.1 Å². The Kier molecular flexibility index (Phi) is 4.40. The molecule has 0 aliphatic carbocycles. The number of amides is 1. The monoisotopic (exact) mass is 272 g/mol. The van der Waals surface area contributed by atoms with Crippen molar-refractivity contribution in [3.8, 4) is 5.69 Å². The number of nitrogens with one attached hydrogen (secondary N) is 1. The summed E-state index contributed by atoms with van der Waals surface area (Å²) in [7, 11) is 0. The van der Waals surface area contributed by atoms with Gasteiger partial charge >= 0.3 is 0 Å². The minimum absolute atomic E-state index is 0.106. The van der Waals surface area contributed by atoms with E-state index in [9.17, 15) is 4.79 Å². The van der Waals surface area contributed by atoms with Crippen LogP contribution in [0.2, 0.25) is 0 Å². The number of nitrogens with two attached hydrogens (primary N) is 1. The number of nitrogens with zero attached hydrogens (tertiary/aromatic N) is 2. The minimum atomic E-state index is -0.106. The molecule has 0 radical (unpaired) electrons. The molecule has 2 rings (SSSR count). The Bertz CT molecular complexity index is 604. The van der Waals surface area contributed by atoms with Crippen molar-refractivity contribution < 1.29 is 4.79 Å². The van der Waals surface area contributed by atoms with Gasteiger partial charge in [-0.15, -0.1) is 0 Å². The molecule has 1 heterocycles. The summed E-state index contributed by atoms with van der Waals surface area (Å²) in [5, 5.41) is 2.76. The molecule has 0 aliphatic rings. The first-order valence-corrected chi connectivity index (χ1v) is 6.87. The van der Waals surface area contributed by atoms with Crippen LogP contribution in [0.1, 0.15) is 36.5 Å². The Morgan fingerprint density at radius 3 is 2.85 bits per heavy atom. The molecular weight excluding hydrogens is 252 g/mol. The van der Waals surface area contributed by atoms with Crippen LogP contribution in [0.5, 0.6) is 0 Å². The van der Waals surface area contributed by atoms with Gasteiger partial charge in [-0.3, -0.25) is 4.79 Å². The van der Waals surface area contributed by atoms with Crippen LogP contribution in [0.4, 0.5) is 5.69 Å². The van der Waals surface area contributed by atoms with Gasteiger partial charge in [0, 0.05) is 30.9 Å². The van der Waals surface area contributed by atoms with Crippen LogP contribution in [0, 0.1) is 0 Å². The molecule has 0 saturated heterocycles. The third-order valence-corrected chi connectivity index (χ3v) is 3.08. The maximum atomic E-state index is 11.8. The number of hydrogen-bond acceptors (Lipinski definition) is 3. The van der Waals surface area contributed by atoms with E-state index in [0.717, 1.165) is 24.4 Å². The van der Waals surface area contributed by atoms with E-state index in [0.29, 0.717) is 17.8 Å². The van der Waals surface area contributed by atoms with Crippen molar-refractivity contribution in [3.63, 3.8) is 0 Å². The number of benzene rings is 1. The Morgan fingerprint density at radius 2 is 2.20 bits per heavy atom. The van der Waals surface area contributed by atoms with Crippen LogP contribution in [0.15, 0.2) is 30.6 Å². The molecule has 1 amide bonds. The Labute approximate surface area is 118 Å². The quantitative estimate of drug-likeness (QED) is 0.819. The van der Waals surface area contributed by atoms with E-state index in [1.54, 1.807) is 18.3 Å². The lowest BCUT2D eigenvalue weighted by atomic mass is 10.1. The summed E-state index contributed by atoms with van der Waals surface area (Å²) >= 11 is 0. The fourth-order valence-electron chi connectivity index (χ4n) is 2.14. The van der Waals surface area contributed by atoms with E-state index in [1.807, 2.05) is 23.8 Å². The first kappa shape index (κ1) is 14.1. The first-order valence-electron chi connectivity index (χ1n) is 6.87. The van der Waals surface area contributed by atoms with Gasteiger partial charge in [-0.05, 0) is 31.5 Å². The van der Waals surface area contributed by atoms with Crippen molar-refractivity contribution in [1.29, 1.82) is 0 Å². The molecule has 5 heteroatoms. The second-order valence-corrected chi connectivity index (χ2v) is 4.60. The van der Waals surface area contributed by atoms with E-state index in [1.165, 1.54) is 0 Å². The zero-order valence-electron chi connectivity index (χ0n) is 11.9. The molecule has 0 spiro atoms. The molecule has 106 valence electrons. The van der Waals surface area contributed by atoms with Crippen molar-refractivity contribution >= 4 is 11.6 Å². The number of imidazole rings is 1. The van der Waals surface area contributed by atoms with Gasteiger partial charge in [0.05, 0.1) is 11.4 Å². The van der Waals surface area contributed by atoms with Crippen molar-refractivity contribution in [2.75, 3.05) is 12.3 Å². The van der Waals surface area contributed by atoms with Gasteiger partial charge in [0.2, 0.25) is 0 Å². The zero-order chi connectivity index (χ0) is 14.5. The highest BCUT2D eigenvalue weighted by Crippen LogP contribution is 2.21. The van der Waals surface area contributed by atoms with Crippen LogP contribution in [0.3, 0.4) is 0 Å². The summed E-state index contributed by atoms with van der Waals surface area (Å²) < 4.78 is 1.97. The molecule has 0 aliphatic heterocycles. The van der Waals surface area contributed by atoms with Gasteiger partial charge in [0.1, 0.15) is 5.82 Å².